The molecule has 2 aromatic rings. The Morgan fingerprint density at radius 3 is 2.80 bits per heavy atom. The van der Waals surface area contributed by atoms with Crippen molar-refractivity contribution < 1.29 is 13.9 Å². The Morgan fingerprint density at radius 1 is 1.25 bits per heavy atom. The Labute approximate surface area is 116 Å². The van der Waals surface area contributed by atoms with E-state index in [1.54, 1.807) is 17.0 Å². The van der Waals surface area contributed by atoms with Crippen molar-refractivity contribution in [2.45, 2.75) is 13.0 Å². The van der Waals surface area contributed by atoms with Crippen LogP contribution in [0, 0.1) is 5.82 Å². The molecule has 3 nitrogen and oxygen atoms in total. The third-order valence-corrected chi connectivity index (χ3v) is 3.48. The number of carbonyl (C=O) groups is 1. The molecular formula is C16H14FNO2. The number of benzene rings is 2. The van der Waals surface area contributed by atoms with Gasteiger partial charge >= 0.3 is 0 Å². The number of anilines is 1. The highest BCUT2D eigenvalue weighted by atomic mass is 19.1. The maximum atomic E-state index is 13.7. The third kappa shape index (κ3) is 2.13. The Kier molecular flexibility index (Phi) is 3.14. The highest BCUT2D eigenvalue weighted by Gasteiger charge is 2.26. The zero-order chi connectivity index (χ0) is 14.1. The summed E-state index contributed by atoms with van der Waals surface area (Å²) in [6.45, 7) is 0.372. The summed E-state index contributed by atoms with van der Waals surface area (Å²) in [7, 11) is 1.43. The molecule has 0 saturated carbocycles. The predicted molar refractivity (Wildman–Crippen MR) is 74.3 cm³/mol. The van der Waals surface area contributed by atoms with Crippen LogP contribution in [0.5, 0.6) is 5.75 Å². The summed E-state index contributed by atoms with van der Waals surface area (Å²) in [5.41, 5.74) is 2.67. The van der Waals surface area contributed by atoms with Gasteiger partial charge in [-0.1, -0.05) is 24.3 Å². The zero-order valence-electron chi connectivity index (χ0n) is 11.1. The lowest BCUT2D eigenvalue weighted by molar-refractivity contribution is -0.117. The van der Waals surface area contributed by atoms with Gasteiger partial charge in [-0.3, -0.25) is 4.79 Å². The van der Waals surface area contributed by atoms with Crippen molar-refractivity contribution in [3.8, 4) is 5.75 Å². The van der Waals surface area contributed by atoms with Gasteiger partial charge in [-0.05, 0) is 29.3 Å². The van der Waals surface area contributed by atoms with Crippen molar-refractivity contribution in [2.75, 3.05) is 12.0 Å². The molecule has 0 bridgehead atoms. The molecule has 0 saturated heterocycles. The summed E-state index contributed by atoms with van der Waals surface area (Å²) in [6, 6.07) is 12.4. The summed E-state index contributed by atoms with van der Waals surface area (Å²) in [6.07, 6.45) is 0.412. The summed E-state index contributed by atoms with van der Waals surface area (Å²) < 4.78 is 18.6. The zero-order valence-corrected chi connectivity index (χ0v) is 11.1. The molecule has 0 aromatic heterocycles. The molecule has 4 heteroatoms. The number of para-hydroxylation sites is 1. The quantitative estimate of drug-likeness (QED) is 0.859. The molecule has 0 N–H and O–H groups in total. The number of amides is 1. The van der Waals surface area contributed by atoms with E-state index in [1.165, 1.54) is 13.2 Å². The second kappa shape index (κ2) is 4.96. The molecule has 0 unspecified atom stereocenters. The molecule has 20 heavy (non-hydrogen) atoms. The molecule has 1 amide bonds. The molecule has 0 radical (unpaired) electrons. The number of methoxy groups -OCH3 is 1. The average Bonchev–Trinajstić information content (AvgIpc) is 2.76. The summed E-state index contributed by atoms with van der Waals surface area (Å²) in [5.74, 6) is -0.158. The molecular weight excluding hydrogens is 257 g/mol. The van der Waals surface area contributed by atoms with Gasteiger partial charge in [-0.2, -0.15) is 0 Å². The summed E-state index contributed by atoms with van der Waals surface area (Å²) in [5, 5.41) is 0. The fourth-order valence-electron chi connectivity index (χ4n) is 2.48. The van der Waals surface area contributed by atoms with E-state index in [0.717, 1.165) is 16.8 Å². The number of rotatable bonds is 3. The van der Waals surface area contributed by atoms with E-state index in [0.29, 0.717) is 13.0 Å². The highest BCUT2D eigenvalue weighted by Crippen LogP contribution is 2.30. The summed E-state index contributed by atoms with van der Waals surface area (Å²) >= 11 is 0. The van der Waals surface area contributed by atoms with Crippen LogP contribution in [0.4, 0.5) is 10.1 Å². The van der Waals surface area contributed by atoms with Gasteiger partial charge < -0.3 is 9.64 Å². The van der Waals surface area contributed by atoms with Gasteiger partial charge in [0.1, 0.15) is 0 Å². The van der Waals surface area contributed by atoms with Crippen LogP contribution in [0.1, 0.15) is 11.1 Å². The molecule has 102 valence electrons. The molecule has 0 spiro atoms. The monoisotopic (exact) mass is 271 g/mol. The minimum atomic E-state index is -0.412. The van der Waals surface area contributed by atoms with E-state index in [2.05, 4.69) is 0 Å². The number of nitrogens with zero attached hydrogens (tertiary/aromatic N) is 1. The second-order valence-corrected chi connectivity index (χ2v) is 4.75. The van der Waals surface area contributed by atoms with Crippen molar-refractivity contribution in [3.63, 3.8) is 0 Å². The highest BCUT2D eigenvalue weighted by molar-refractivity contribution is 6.01. The molecule has 1 heterocycles. The van der Waals surface area contributed by atoms with E-state index >= 15 is 0 Å². The van der Waals surface area contributed by atoms with Crippen LogP contribution >= 0.6 is 0 Å². The van der Waals surface area contributed by atoms with E-state index in [9.17, 15) is 9.18 Å². The van der Waals surface area contributed by atoms with Gasteiger partial charge in [-0.15, -0.1) is 0 Å². The fourth-order valence-corrected chi connectivity index (χ4v) is 2.48. The predicted octanol–water partition coefficient (Wildman–Crippen LogP) is 2.92. The molecule has 0 aliphatic carbocycles. The average molecular weight is 271 g/mol. The molecule has 1 aliphatic rings. The number of halogens is 1. The first kappa shape index (κ1) is 12.7. The van der Waals surface area contributed by atoms with E-state index in [4.69, 9.17) is 4.74 Å². The Bertz CT molecular complexity index is 669. The SMILES string of the molecule is COc1ccc(CN2C(=O)Cc3ccccc32)cc1F. The largest absolute Gasteiger partial charge is 0.494 e. The van der Waals surface area contributed by atoms with Crippen molar-refractivity contribution in [1.82, 2.24) is 0 Å². The topological polar surface area (TPSA) is 29.5 Å². The van der Waals surface area contributed by atoms with Crippen molar-refractivity contribution in [3.05, 3.63) is 59.4 Å². The maximum absolute atomic E-state index is 13.7. The Morgan fingerprint density at radius 2 is 2.05 bits per heavy atom. The normalized spacial score (nSPS) is 13.5. The van der Waals surface area contributed by atoms with E-state index < -0.39 is 5.82 Å². The van der Waals surface area contributed by atoms with Gasteiger partial charge in [0.15, 0.2) is 11.6 Å². The molecule has 1 aliphatic heterocycles. The first-order valence-electron chi connectivity index (χ1n) is 6.39. The van der Waals surface area contributed by atoms with Crippen LogP contribution in [0.25, 0.3) is 0 Å². The van der Waals surface area contributed by atoms with Gasteiger partial charge in [0, 0.05) is 5.69 Å². The number of fused-ring (bicyclic) bond motifs is 1. The minimum Gasteiger partial charge on any atom is -0.494 e. The summed E-state index contributed by atoms with van der Waals surface area (Å²) in [4.78, 5) is 13.7. The van der Waals surface area contributed by atoms with E-state index in [-0.39, 0.29) is 11.7 Å². The maximum Gasteiger partial charge on any atom is 0.231 e. The van der Waals surface area contributed by atoms with Crippen LogP contribution < -0.4 is 9.64 Å². The number of hydrogen-bond donors (Lipinski definition) is 0. The van der Waals surface area contributed by atoms with Gasteiger partial charge in [-0.25, -0.2) is 4.39 Å². The third-order valence-electron chi connectivity index (χ3n) is 3.48. The standard InChI is InChI=1S/C16H14FNO2/c1-20-15-7-6-11(8-13(15)17)10-18-14-5-3-2-4-12(14)9-16(18)19/h2-8H,9-10H2,1H3. The van der Waals surface area contributed by atoms with Crippen LogP contribution in [0.2, 0.25) is 0 Å². The Balaban J connectivity index is 1.88. The number of hydrogen-bond acceptors (Lipinski definition) is 2. The smallest absolute Gasteiger partial charge is 0.231 e. The lowest BCUT2D eigenvalue weighted by atomic mass is 10.1. The first-order valence-corrected chi connectivity index (χ1v) is 6.39. The lowest BCUT2D eigenvalue weighted by Crippen LogP contribution is -2.26. The number of carbonyl (C=O) groups excluding carboxylic acids is 1. The minimum absolute atomic E-state index is 0.0439. The van der Waals surface area contributed by atoms with Crippen molar-refractivity contribution in [1.29, 1.82) is 0 Å². The first-order chi connectivity index (χ1) is 9.69. The Hall–Kier alpha value is -2.36. The van der Waals surface area contributed by atoms with Crippen LogP contribution in [0.15, 0.2) is 42.5 Å². The lowest BCUT2D eigenvalue weighted by Gasteiger charge is -2.17. The van der Waals surface area contributed by atoms with E-state index in [1.807, 2.05) is 24.3 Å². The van der Waals surface area contributed by atoms with Crippen molar-refractivity contribution in [2.24, 2.45) is 0 Å². The van der Waals surface area contributed by atoms with Gasteiger partial charge in [0.05, 0.1) is 20.1 Å². The molecule has 2 aromatic carbocycles. The fraction of sp³-hybridized carbons (Fsp3) is 0.188. The van der Waals surface area contributed by atoms with Gasteiger partial charge in [0.25, 0.3) is 0 Å². The molecule has 0 fully saturated rings. The molecule has 3 rings (SSSR count). The van der Waals surface area contributed by atoms with Crippen LogP contribution in [-0.4, -0.2) is 13.0 Å². The van der Waals surface area contributed by atoms with Crippen molar-refractivity contribution >= 4 is 11.6 Å². The van der Waals surface area contributed by atoms with Crippen LogP contribution in [0.3, 0.4) is 0 Å². The van der Waals surface area contributed by atoms with Crippen LogP contribution in [-0.2, 0) is 17.8 Å². The molecule has 0 atom stereocenters. The van der Waals surface area contributed by atoms with Gasteiger partial charge in [0.2, 0.25) is 5.91 Å². The second-order valence-electron chi connectivity index (χ2n) is 4.75. The number of ether oxygens (including phenoxy) is 1.